The van der Waals surface area contributed by atoms with Crippen molar-refractivity contribution in [2.24, 2.45) is 0 Å². The van der Waals surface area contributed by atoms with Crippen molar-refractivity contribution in [1.29, 1.82) is 0 Å². The van der Waals surface area contributed by atoms with Crippen molar-refractivity contribution in [2.75, 3.05) is 5.32 Å². The highest BCUT2D eigenvalue weighted by Crippen LogP contribution is 2.30. The quantitative estimate of drug-likeness (QED) is 0.424. The largest absolute Gasteiger partial charge is 0.310 e. The number of hydrogen-bond acceptors (Lipinski definition) is 6. The SMILES string of the molecule is Cc1ccc(-n2c(SC(C)C(=O)Nc3ccc(Cl)cn3)nnc2-c2ccncc2)cc1. The first kappa shape index (κ1) is 21.0. The van der Waals surface area contributed by atoms with Crippen LogP contribution >= 0.6 is 23.4 Å². The summed E-state index contributed by atoms with van der Waals surface area (Å²) in [5.74, 6) is 0.934. The van der Waals surface area contributed by atoms with Crippen LogP contribution in [0.5, 0.6) is 0 Å². The highest BCUT2D eigenvalue weighted by molar-refractivity contribution is 8.00. The van der Waals surface area contributed by atoms with Crippen LogP contribution in [0.3, 0.4) is 0 Å². The van der Waals surface area contributed by atoms with Gasteiger partial charge < -0.3 is 5.32 Å². The molecule has 3 aromatic heterocycles. The number of rotatable bonds is 6. The lowest BCUT2D eigenvalue weighted by Gasteiger charge is -2.14. The molecule has 0 saturated heterocycles. The van der Waals surface area contributed by atoms with Crippen molar-refractivity contribution in [3.05, 3.63) is 77.7 Å². The second kappa shape index (κ2) is 9.28. The summed E-state index contributed by atoms with van der Waals surface area (Å²) in [5.41, 5.74) is 2.95. The van der Waals surface area contributed by atoms with Gasteiger partial charge in [0, 0.05) is 29.8 Å². The molecule has 4 aromatic rings. The van der Waals surface area contributed by atoms with Crippen LogP contribution < -0.4 is 5.32 Å². The van der Waals surface area contributed by atoms with Gasteiger partial charge in [-0.1, -0.05) is 41.1 Å². The molecule has 1 amide bonds. The lowest BCUT2D eigenvalue weighted by atomic mass is 10.2. The molecule has 0 bridgehead atoms. The minimum absolute atomic E-state index is 0.191. The first-order valence-corrected chi connectivity index (χ1v) is 10.8. The van der Waals surface area contributed by atoms with E-state index in [1.807, 2.05) is 54.8 Å². The molecule has 0 aliphatic heterocycles. The van der Waals surface area contributed by atoms with Gasteiger partial charge in [-0.3, -0.25) is 14.3 Å². The summed E-state index contributed by atoms with van der Waals surface area (Å²) in [6, 6.07) is 15.2. The fraction of sp³-hybridized carbons (Fsp3) is 0.136. The van der Waals surface area contributed by atoms with E-state index in [4.69, 9.17) is 11.6 Å². The Balaban J connectivity index is 1.63. The Labute approximate surface area is 188 Å². The molecule has 1 N–H and O–H groups in total. The number of nitrogens with zero attached hydrogens (tertiary/aromatic N) is 5. The van der Waals surface area contributed by atoms with Crippen LogP contribution in [0.1, 0.15) is 12.5 Å². The summed E-state index contributed by atoms with van der Waals surface area (Å²) in [7, 11) is 0. The Kier molecular flexibility index (Phi) is 6.29. The Morgan fingerprint density at radius 3 is 2.48 bits per heavy atom. The lowest BCUT2D eigenvalue weighted by molar-refractivity contribution is -0.115. The molecule has 0 spiro atoms. The Morgan fingerprint density at radius 1 is 1.06 bits per heavy atom. The number of nitrogens with one attached hydrogen (secondary N) is 1. The summed E-state index contributed by atoms with van der Waals surface area (Å²) < 4.78 is 1.95. The van der Waals surface area contributed by atoms with Crippen molar-refractivity contribution < 1.29 is 4.79 Å². The van der Waals surface area contributed by atoms with Crippen molar-refractivity contribution in [2.45, 2.75) is 24.3 Å². The second-order valence-corrected chi connectivity index (χ2v) is 8.57. The molecule has 156 valence electrons. The van der Waals surface area contributed by atoms with Crippen LogP contribution in [0.25, 0.3) is 17.1 Å². The molecule has 0 aliphatic carbocycles. The number of benzene rings is 1. The molecule has 0 aliphatic rings. The highest BCUT2D eigenvalue weighted by Gasteiger charge is 2.22. The smallest absolute Gasteiger partial charge is 0.238 e. The first-order valence-electron chi connectivity index (χ1n) is 9.53. The zero-order chi connectivity index (χ0) is 21.8. The van der Waals surface area contributed by atoms with Crippen molar-refractivity contribution in [3.63, 3.8) is 0 Å². The number of amides is 1. The van der Waals surface area contributed by atoms with E-state index in [1.165, 1.54) is 18.0 Å². The first-order chi connectivity index (χ1) is 15.0. The van der Waals surface area contributed by atoms with E-state index in [1.54, 1.807) is 24.5 Å². The molecule has 1 atom stereocenters. The van der Waals surface area contributed by atoms with Crippen LogP contribution in [0.4, 0.5) is 5.82 Å². The van der Waals surface area contributed by atoms with Crippen LogP contribution in [0.15, 0.2) is 72.3 Å². The molecular weight excluding hydrogens is 432 g/mol. The van der Waals surface area contributed by atoms with E-state index in [0.717, 1.165) is 16.8 Å². The third kappa shape index (κ3) is 4.92. The summed E-state index contributed by atoms with van der Waals surface area (Å²) in [6.07, 6.45) is 4.92. The second-order valence-electron chi connectivity index (χ2n) is 6.82. The number of carbonyl (C=O) groups is 1. The Bertz CT molecular complexity index is 1180. The molecule has 0 radical (unpaired) electrons. The Hall–Kier alpha value is -3.23. The van der Waals surface area contributed by atoms with Gasteiger partial charge >= 0.3 is 0 Å². The number of thioether (sulfide) groups is 1. The van der Waals surface area contributed by atoms with Crippen LogP contribution in [-0.2, 0) is 4.79 Å². The molecule has 9 heteroatoms. The maximum Gasteiger partial charge on any atom is 0.238 e. The zero-order valence-corrected chi connectivity index (χ0v) is 18.4. The van der Waals surface area contributed by atoms with Crippen molar-refractivity contribution in [3.8, 4) is 17.1 Å². The molecule has 1 aromatic carbocycles. The third-order valence-electron chi connectivity index (χ3n) is 4.49. The van der Waals surface area contributed by atoms with Gasteiger partial charge in [-0.05, 0) is 50.2 Å². The predicted molar refractivity (Wildman–Crippen MR) is 123 cm³/mol. The molecule has 31 heavy (non-hydrogen) atoms. The van der Waals surface area contributed by atoms with Crippen LogP contribution in [0.2, 0.25) is 5.02 Å². The van der Waals surface area contributed by atoms with Crippen molar-refractivity contribution >= 4 is 35.1 Å². The molecule has 3 heterocycles. The number of aromatic nitrogens is 5. The number of aryl methyl sites for hydroxylation is 1. The zero-order valence-electron chi connectivity index (χ0n) is 16.9. The molecular formula is C22H19ClN6OS. The number of carbonyl (C=O) groups excluding carboxylic acids is 1. The average molecular weight is 451 g/mol. The van der Waals surface area contributed by atoms with Gasteiger partial charge in [0.2, 0.25) is 5.91 Å². The fourth-order valence-corrected chi connectivity index (χ4v) is 3.83. The van der Waals surface area contributed by atoms with E-state index < -0.39 is 5.25 Å². The molecule has 0 saturated carbocycles. The highest BCUT2D eigenvalue weighted by atomic mass is 35.5. The molecule has 1 unspecified atom stereocenters. The van der Waals surface area contributed by atoms with Crippen LogP contribution in [0, 0.1) is 6.92 Å². The lowest BCUT2D eigenvalue weighted by Crippen LogP contribution is -2.23. The van der Waals surface area contributed by atoms with Gasteiger partial charge in [-0.2, -0.15) is 0 Å². The molecule has 0 fully saturated rings. The number of pyridine rings is 2. The topological polar surface area (TPSA) is 85.6 Å². The van der Waals surface area contributed by atoms with E-state index in [2.05, 4.69) is 25.5 Å². The number of anilines is 1. The van der Waals surface area contributed by atoms with Crippen molar-refractivity contribution in [1.82, 2.24) is 24.7 Å². The number of halogens is 1. The predicted octanol–water partition coefficient (Wildman–Crippen LogP) is 4.81. The molecule has 7 nitrogen and oxygen atoms in total. The summed E-state index contributed by atoms with van der Waals surface area (Å²) in [5, 5.41) is 12.3. The van der Waals surface area contributed by atoms with E-state index in [0.29, 0.717) is 21.8 Å². The standard InChI is InChI=1S/C22H19ClN6OS/c1-14-3-6-18(7-4-14)29-20(16-9-11-24-12-10-16)27-28-22(29)31-15(2)21(30)26-19-8-5-17(23)13-25-19/h3-13,15H,1-2H3,(H,25,26,30). The van der Waals surface area contributed by atoms with E-state index >= 15 is 0 Å². The summed E-state index contributed by atoms with van der Waals surface area (Å²) >= 11 is 7.18. The van der Waals surface area contributed by atoms with Crippen LogP contribution in [-0.4, -0.2) is 35.9 Å². The summed E-state index contributed by atoms with van der Waals surface area (Å²) in [4.78, 5) is 20.9. The summed E-state index contributed by atoms with van der Waals surface area (Å²) in [6.45, 7) is 3.85. The van der Waals surface area contributed by atoms with Gasteiger partial charge in [0.1, 0.15) is 5.82 Å². The fourth-order valence-electron chi connectivity index (χ4n) is 2.85. The minimum atomic E-state index is -0.434. The van der Waals surface area contributed by atoms with E-state index in [9.17, 15) is 4.79 Å². The van der Waals surface area contributed by atoms with Gasteiger partial charge in [-0.15, -0.1) is 10.2 Å². The maximum absolute atomic E-state index is 12.7. The minimum Gasteiger partial charge on any atom is -0.310 e. The number of hydrogen-bond donors (Lipinski definition) is 1. The van der Waals surface area contributed by atoms with Gasteiger partial charge in [0.15, 0.2) is 11.0 Å². The van der Waals surface area contributed by atoms with Gasteiger partial charge in [0.05, 0.1) is 10.3 Å². The molecule has 4 rings (SSSR count). The van der Waals surface area contributed by atoms with Gasteiger partial charge in [0.25, 0.3) is 0 Å². The maximum atomic E-state index is 12.7. The van der Waals surface area contributed by atoms with E-state index in [-0.39, 0.29) is 5.91 Å². The monoisotopic (exact) mass is 450 g/mol. The normalized spacial score (nSPS) is 11.8. The third-order valence-corrected chi connectivity index (χ3v) is 5.76. The average Bonchev–Trinajstić information content (AvgIpc) is 3.20. The van der Waals surface area contributed by atoms with Gasteiger partial charge in [-0.25, -0.2) is 4.98 Å². The Morgan fingerprint density at radius 2 is 1.81 bits per heavy atom.